The number of aromatic nitrogens is 2. The molecule has 0 unspecified atom stereocenters. The van der Waals surface area contributed by atoms with E-state index in [1.54, 1.807) is 36.5 Å². The van der Waals surface area contributed by atoms with Crippen molar-refractivity contribution in [1.29, 1.82) is 0 Å². The molecule has 0 aliphatic carbocycles. The molecule has 0 spiro atoms. The molecule has 0 saturated carbocycles. The summed E-state index contributed by atoms with van der Waals surface area (Å²) in [6.45, 7) is 0.452. The lowest BCUT2D eigenvalue weighted by Crippen LogP contribution is -2.35. The quantitative estimate of drug-likeness (QED) is 0.340. The Kier molecular flexibility index (Phi) is 6.29. The van der Waals surface area contributed by atoms with Gasteiger partial charge in [-0.15, -0.1) is 0 Å². The molecule has 0 atom stereocenters. The number of nitrogens with two attached hydrogens (primary N) is 1. The van der Waals surface area contributed by atoms with Crippen molar-refractivity contribution in [2.45, 2.75) is 11.4 Å². The number of rotatable bonds is 8. The van der Waals surface area contributed by atoms with Crippen molar-refractivity contribution in [3.63, 3.8) is 0 Å². The first-order chi connectivity index (χ1) is 15.9. The van der Waals surface area contributed by atoms with Crippen LogP contribution in [0.5, 0.6) is 5.75 Å². The first-order valence-corrected chi connectivity index (χ1v) is 11.6. The predicted molar refractivity (Wildman–Crippen MR) is 129 cm³/mol. The van der Waals surface area contributed by atoms with E-state index in [0.29, 0.717) is 23.8 Å². The third-order valence-electron chi connectivity index (χ3n) is 5.05. The van der Waals surface area contributed by atoms with Crippen LogP contribution in [0.4, 0.5) is 17.3 Å². The largest absolute Gasteiger partial charge is 0.497 e. The highest BCUT2D eigenvalue weighted by Gasteiger charge is 2.18. The average molecular weight is 465 g/mol. The van der Waals surface area contributed by atoms with E-state index in [0.717, 1.165) is 16.5 Å². The van der Waals surface area contributed by atoms with Gasteiger partial charge in [0.15, 0.2) is 5.82 Å². The number of fused-ring (bicyclic) bond motifs is 1. The van der Waals surface area contributed by atoms with Crippen molar-refractivity contribution in [2.24, 2.45) is 0 Å². The molecule has 170 valence electrons. The van der Waals surface area contributed by atoms with E-state index in [1.165, 1.54) is 25.3 Å². The molecular weight excluding hydrogens is 440 g/mol. The van der Waals surface area contributed by atoms with Gasteiger partial charge in [-0.2, -0.15) is 0 Å². The maximum Gasteiger partial charge on any atom is 0.263 e. The minimum atomic E-state index is -3.84. The summed E-state index contributed by atoms with van der Waals surface area (Å²) in [5.41, 5.74) is 11.6. The Morgan fingerprint density at radius 3 is 2.58 bits per heavy atom. The van der Waals surface area contributed by atoms with E-state index in [-0.39, 0.29) is 10.7 Å². The van der Waals surface area contributed by atoms with Crippen molar-refractivity contribution < 1.29 is 13.2 Å². The Labute approximate surface area is 192 Å². The number of anilines is 3. The van der Waals surface area contributed by atoms with Gasteiger partial charge in [0.1, 0.15) is 11.6 Å². The number of nitrogen functional groups attached to an aromatic ring is 1. The molecular formula is C23H24N6O3S. The molecule has 0 aliphatic heterocycles. The van der Waals surface area contributed by atoms with Gasteiger partial charge in [-0.3, -0.25) is 14.7 Å². The highest BCUT2D eigenvalue weighted by molar-refractivity contribution is 7.92. The molecule has 0 amide bonds. The summed E-state index contributed by atoms with van der Waals surface area (Å²) in [6.07, 6.45) is 1.75. The molecule has 4 N–H and O–H groups in total. The van der Waals surface area contributed by atoms with Crippen LogP contribution in [0.25, 0.3) is 10.9 Å². The molecule has 0 bridgehead atoms. The minimum Gasteiger partial charge on any atom is -0.497 e. The Balaban J connectivity index is 1.59. The Morgan fingerprint density at radius 2 is 1.85 bits per heavy atom. The number of methoxy groups -OCH3 is 1. The van der Waals surface area contributed by atoms with E-state index in [9.17, 15) is 8.42 Å². The first kappa shape index (κ1) is 22.3. The smallest absolute Gasteiger partial charge is 0.263 e. The zero-order valence-electron chi connectivity index (χ0n) is 18.2. The van der Waals surface area contributed by atoms with Gasteiger partial charge in [-0.1, -0.05) is 12.1 Å². The molecule has 4 rings (SSSR count). The van der Waals surface area contributed by atoms with Crippen molar-refractivity contribution in [3.8, 4) is 5.75 Å². The van der Waals surface area contributed by atoms with Gasteiger partial charge in [0.25, 0.3) is 10.0 Å². The van der Waals surface area contributed by atoms with Gasteiger partial charge in [0, 0.05) is 18.6 Å². The van der Waals surface area contributed by atoms with Crippen LogP contribution in [-0.2, 0) is 16.6 Å². The number of ether oxygens (including phenoxy) is 1. The van der Waals surface area contributed by atoms with Gasteiger partial charge in [-0.25, -0.2) is 18.8 Å². The fourth-order valence-corrected chi connectivity index (χ4v) is 4.35. The third-order valence-corrected chi connectivity index (χ3v) is 6.42. The highest BCUT2D eigenvalue weighted by Crippen LogP contribution is 2.26. The number of nitrogens with one attached hydrogen (secondary N) is 2. The SMILES string of the molecule is CNN(Cc1ccc2ncccc2c1)c1nc(NS(=O)(=O)c2ccc(OC)cc2)ccc1N. The molecule has 33 heavy (non-hydrogen) atoms. The maximum absolute atomic E-state index is 12.8. The molecule has 2 aromatic heterocycles. The molecule has 0 fully saturated rings. The van der Waals surface area contributed by atoms with Crippen LogP contribution < -0.4 is 25.6 Å². The van der Waals surface area contributed by atoms with Gasteiger partial charge in [0.05, 0.1) is 29.8 Å². The number of sulfonamides is 1. The molecule has 0 saturated heterocycles. The van der Waals surface area contributed by atoms with Crippen LogP contribution >= 0.6 is 0 Å². The maximum atomic E-state index is 12.8. The number of hydrogen-bond acceptors (Lipinski definition) is 8. The van der Waals surface area contributed by atoms with Crippen LogP contribution in [0, 0.1) is 0 Å². The Morgan fingerprint density at radius 1 is 1.06 bits per heavy atom. The van der Waals surface area contributed by atoms with E-state index in [1.807, 2.05) is 30.3 Å². The second-order valence-electron chi connectivity index (χ2n) is 7.23. The van der Waals surface area contributed by atoms with E-state index >= 15 is 0 Å². The van der Waals surface area contributed by atoms with Gasteiger partial charge in [-0.05, 0) is 60.2 Å². The topological polar surface area (TPSA) is 122 Å². The minimum absolute atomic E-state index is 0.0960. The number of pyridine rings is 2. The van der Waals surface area contributed by atoms with Gasteiger partial charge in [0.2, 0.25) is 0 Å². The summed E-state index contributed by atoms with van der Waals surface area (Å²) < 4.78 is 33.2. The summed E-state index contributed by atoms with van der Waals surface area (Å²) in [7, 11) is -0.573. The molecule has 2 aromatic carbocycles. The fourth-order valence-electron chi connectivity index (χ4n) is 3.35. The second-order valence-corrected chi connectivity index (χ2v) is 8.91. The van der Waals surface area contributed by atoms with Crippen LogP contribution in [0.3, 0.4) is 0 Å². The summed E-state index contributed by atoms with van der Waals surface area (Å²) >= 11 is 0. The lowest BCUT2D eigenvalue weighted by Gasteiger charge is -2.24. The van der Waals surface area contributed by atoms with Crippen LogP contribution in [-0.4, -0.2) is 32.5 Å². The Hall–Kier alpha value is -3.89. The first-order valence-electron chi connectivity index (χ1n) is 10.1. The molecule has 0 aliphatic rings. The monoisotopic (exact) mass is 464 g/mol. The van der Waals surface area contributed by atoms with Crippen molar-refractivity contribution in [2.75, 3.05) is 29.6 Å². The number of nitrogens with zero attached hydrogens (tertiary/aromatic N) is 3. The number of hydrogen-bond donors (Lipinski definition) is 3. The van der Waals surface area contributed by atoms with Crippen LogP contribution in [0.15, 0.2) is 77.8 Å². The lowest BCUT2D eigenvalue weighted by molar-refractivity contribution is 0.414. The lowest BCUT2D eigenvalue weighted by atomic mass is 10.1. The Bertz CT molecular complexity index is 1380. The summed E-state index contributed by atoms with van der Waals surface area (Å²) in [4.78, 5) is 8.89. The molecule has 2 heterocycles. The summed E-state index contributed by atoms with van der Waals surface area (Å²) in [6, 6.07) is 19.1. The predicted octanol–water partition coefficient (Wildman–Crippen LogP) is 3.16. The van der Waals surface area contributed by atoms with Crippen LogP contribution in [0.1, 0.15) is 5.56 Å². The molecule has 0 radical (unpaired) electrons. The summed E-state index contributed by atoms with van der Waals surface area (Å²) in [5, 5.41) is 2.77. The average Bonchev–Trinajstić information content (AvgIpc) is 2.83. The standard InChI is InChI=1S/C23H24N6O3S/c1-25-29(15-16-5-11-21-17(14-16)4-3-13-26-21)23-20(24)10-12-22(27-23)28-33(30,31)19-8-6-18(32-2)7-9-19/h3-14,25H,15,24H2,1-2H3,(H,27,28). The molecule has 9 nitrogen and oxygen atoms in total. The zero-order chi connectivity index (χ0) is 23.4. The van der Waals surface area contributed by atoms with E-state index in [2.05, 4.69) is 20.1 Å². The number of benzene rings is 2. The molecule has 4 aromatic rings. The highest BCUT2D eigenvalue weighted by atomic mass is 32.2. The van der Waals surface area contributed by atoms with Crippen molar-refractivity contribution >= 4 is 38.2 Å². The normalized spacial score (nSPS) is 11.3. The fraction of sp³-hybridized carbons (Fsp3) is 0.130. The second kappa shape index (κ2) is 9.31. The molecule has 10 heteroatoms. The van der Waals surface area contributed by atoms with Crippen LogP contribution in [0.2, 0.25) is 0 Å². The summed E-state index contributed by atoms with van der Waals surface area (Å²) in [5.74, 6) is 1.12. The van der Waals surface area contributed by atoms with Gasteiger partial charge < -0.3 is 10.5 Å². The van der Waals surface area contributed by atoms with E-state index < -0.39 is 10.0 Å². The van der Waals surface area contributed by atoms with Crippen molar-refractivity contribution in [3.05, 3.63) is 78.5 Å². The number of hydrazine groups is 1. The third kappa shape index (κ3) is 4.97. The van der Waals surface area contributed by atoms with Crippen molar-refractivity contribution in [1.82, 2.24) is 15.4 Å². The van der Waals surface area contributed by atoms with Gasteiger partial charge >= 0.3 is 0 Å². The van der Waals surface area contributed by atoms with E-state index in [4.69, 9.17) is 10.5 Å². The zero-order valence-corrected chi connectivity index (χ0v) is 19.0.